The van der Waals surface area contributed by atoms with Crippen LogP contribution in [0.5, 0.6) is 0 Å². The van der Waals surface area contributed by atoms with E-state index < -0.39 is 0 Å². The Balaban J connectivity index is 1.35. The molecule has 304 valence electrons. The van der Waals surface area contributed by atoms with E-state index in [0.717, 1.165) is 17.1 Å². The highest BCUT2D eigenvalue weighted by atomic mass is 15.1. The molecule has 0 heterocycles. The molecule has 1 N–H and O–H groups in total. The van der Waals surface area contributed by atoms with Crippen LogP contribution in [0.2, 0.25) is 0 Å². The molecule has 0 saturated heterocycles. The van der Waals surface area contributed by atoms with Crippen LogP contribution >= 0.6 is 0 Å². The Kier molecular flexibility index (Phi) is 10.1. The van der Waals surface area contributed by atoms with Gasteiger partial charge in [0.25, 0.3) is 0 Å². The lowest BCUT2D eigenvalue weighted by atomic mass is 9.63. The van der Waals surface area contributed by atoms with E-state index in [4.69, 9.17) is 0 Å². The molecule has 6 aromatic carbocycles. The zero-order valence-electron chi connectivity index (χ0n) is 37.9. The molecule has 0 spiro atoms. The summed E-state index contributed by atoms with van der Waals surface area (Å²) in [5.41, 5.74) is 19.5. The quantitative estimate of drug-likeness (QED) is 0.174. The van der Waals surface area contributed by atoms with E-state index >= 15 is 0 Å². The van der Waals surface area contributed by atoms with Gasteiger partial charge in [-0.3, -0.25) is 0 Å². The van der Waals surface area contributed by atoms with Crippen LogP contribution < -0.4 is 10.2 Å². The van der Waals surface area contributed by atoms with E-state index in [9.17, 15) is 0 Å². The van der Waals surface area contributed by atoms with Gasteiger partial charge in [0.15, 0.2) is 0 Å². The number of rotatable bonds is 7. The predicted molar refractivity (Wildman–Crippen MR) is 256 cm³/mol. The minimum Gasteiger partial charge on any atom is -0.354 e. The van der Waals surface area contributed by atoms with Gasteiger partial charge in [-0.1, -0.05) is 149 Å². The van der Waals surface area contributed by atoms with E-state index in [1.54, 1.807) is 0 Å². The molecule has 0 radical (unpaired) electrons. The van der Waals surface area contributed by atoms with Crippen LogP contribution in [0.3, 0.4) is 0 Å². The summed E-state index contributed by atoms with van der Waals surface area (Å²) in [5.74, 6) is 0. The van der Waals surface area contributed by atoms with Gasteiger partial charge in [-0.2, -0.15) is 0 Å². The number of fused-ring (bicyclic) bond motifs is 2. The van der Waals surface area contributed by atoms with Crippen molar-refractivity contribution in [2.75, 3.05) is 10.2 Å². The van der Waals surface area contributed by atoms with Gasteiger partial charge in [-0.05, 0) is 159 Å². The molecular weight excluding hydrogens is 713 g/mol. The van der Waals surface area contributed by atoms with Crippen molar-refractivity contribution in [3.05, 3.63) is 161 Å². The molecule has 2 aliphatic carbocycles. The van der Waals surface area contributed by atoms with Gasteiger partial charge in [0.1, 0.15) is 0 Å². The molecule has 8 rings (SSSR count). The Morgan fingerprint density at radius 2 is 0.881 bits per heavy atom. The molecule has 2 nitrogen and oxygen atoms in total. The average molecular weight is 779 g/mol. The smallest absolute Gasteiger partial charge is 0.0543 e. The molecule has 6 aromatic rings. The Hall–Kier alpha value is -5.08. The first-order valence-corrected chi connectivity index (χ1v) is 22.0. The van der Waals surface area contributed by atoms with Crippen LogP contribution in [-0.4, -0.2) is 0 Å². The van der Waals surface area contributed by atoms with Crippen molar-refractivity contribution in [2.45, 2.75) is 136 Å². The maximum absolute atomic E-state index is 4.08. The summed E-state index contributed by atoms with van der Waals surface area (Å²) >= 11 is 0. The minimum absolute atomic E-state index is 0.0279. The summed E-state index contributed by atoms with van der Waals surface area (Å²) in [5, 5.41) is 4.08. The fourth-order valence-electron chi connectivity index (χ4n) is 9.89. The number of hydrogen-bond donors (Lipinski definition) is 1. The zero-order chi connectivity index (χ0) is 42.1. The van der Waals surface area contributed by atoms with Crippen LogP contribution in [-0.2, 0) is 27.1 Å². The Morgan fingerprint density at radius 3 is 1.31 bits per heavy atom. The van der Waals surface area contributed by atoms with Crippen LogP contribution in [0.25, 0.3) is 22.3 Å². The van der Waals surface area contributed by atoms with Crippen LogP contribution in [0, 0.1) is 6.92 Å². The summed E-state index contributed by atoms with van der Waals surface area (Å²) < 4.78 is 0. The van der Waals surface area contributed by atoms with Gasteiger partial charge in [-0.25, -0.2) is 0 Å². The molecule has 59 heavy (non-hydrogen) atoms. The molecule has 0 amide bonds. The zero-order valence-corrected chi connectivity index (χ0v) is 37.9. The van der Waals surface area contributed by atoms with Crippen molar-refractivity contribution in [3.63, 3.8) is 0 Å². The van der Waals surface area contributed by atoms with Gasteiger partial charge in [0.2, 0.25) is 0 Å². The fraction of sp³-hybridized carbons (Fsp3) is 0.368. The Morgan fingerprint density at radius 1 is 0.458 bits per heavy atom. The Bertz CT molecular complexity index is 2370. The highest BCUT2D eigenvalue weighted by Gasteiger charge is 2.39. The monoisotopic (exact) mass is 779 g/mol. The van der Waals surface area contributed by atoms with E-state index in [-0.39, 0.29) is 27.1 Å². The second kappa shape index (κ2) is 14.6. The van der Waals surface area contributed by atoms with Crippen molar-refractivity contribution < 1.29 is 0 Å². The number of nitrogens with one attached hydrogen (secondary N) is 1. The first kappa shape index (κ1) is 40.7. The van der Waals surface area contributed by atoms with Gasteiger partial charge in [-0.15, -0.1) is 0 Å². The molecule has 0 fully saturated rings. The SMILES string of the molecule is Cc1cc(Nc2c(-c3ccccc3)cc(C(C)(C)C)cc2-c2ccccc2)cc(N(c2ccc3c(c2)C(C)(C)CCC3(C)C)c2ccc3c(c2)C(C)(C)CCC3(C)C)c1. The molecule has 0 aliphatic heterocycles. The number of nitrogens with zero attached hydrogens (tertiary/aromatic N) is 1. The standard InChI is InChI=1S/C57H66N2/c1-38-31-42(58-52-46(39-19-15-13-16-20-39)33-41(53(2,3)4)34-47(52)40-21-17-14-18-22-40)35-45(32-38)59(43-23-25-48-50(36-43)56(9,10)29-27-54(48,5)6)44-24-26-49-51(37-44)57(11,12)30-28-55(49,7)8/h13-26,31-37,58H,27-30H2,1-12H3. The molecule has 0 bridgehead atoms. The molecule has 2 aliphatic rings. The maximum atomic E-state index is 4.08. The first-order chi connectivity index (χ1) is 27.7. The van der Waals surface area contributed by atoms with Gasteiger partial charge >= 0.3 is 0 Å². The lowest BCUT2D eigenvalue weighted by Gasteiger charge is -2.43. The average Bonchev–Trinajstić information content (AvgIpc) is 3.19. The van der Waals surface area contributed by atoms with Crippen molar-refractivity contribution in [2.24, 2.45) is 0 Å². The first-order valence-electron chi connectivity index (χ1n) is 22.0. The van der Waals surface area contributed by atoms with E-state index in [0.29, 0.717) is 0 Å². The fourth-order valence-corrected chi connectivity index (χ4v) is 9.89. The molecule has 0 aromatic heterocycles. The third-order valence-corrected chi connectivity index (χ3v) is 14.0. The van der Waals surface area contributed by atoms with E-state index in [1.807, 2.05) is 0 Å². The number of aryl methyl sites for hydroxylation is 1. The minimum atomic E-state index is -0.0279. The van der Waals surface area contributed by atoms with Gasteiger partial charge < -0.3 is 10.2 Å². The Labute approximate surface area is 356 Å². The summed E-state index contributed by atoms with van der Waals surface area (Å²) in [7, 11) is 0. The summed E-state index contributed by atoms with van der Waals surface area (Å²) in [4.78, 5) is 2.53. The number of anilines is 5. The summed E-state index contributed by atoms with van der Waals surface area (Å²) in [6, 6.07) is 48.3. The van der Waals surface area contributed by atoms with Crippen LogP contribution in [0.1, 0.15) is 135 Å². The van der Waals surface area contributed by atoms with Crippen molar-refractivity contribution >= 4 is 28.4 Å². The molecule has 2 heteroatoms. The lowest BCUT2D eigenvalue weighted by Crippen LogP contribution is -2.34. The highest BCUT2D eigenvalue weighted by molar-refractivity contribution is 5.94. The topological polar surface area (TPSA) is 15.3 Å². The van der Waals surface area contributed by atoms with Crippen molar-refractivity contribution in [1.29, 1.82) is 0 Å². The second-order valence-electron chi connectivity index (χ2n) is 21.4. The predicted octanol–water partition coefficient (Wildman–Crippen LogP) is 16.5. The molecule has 0 atom stereocenters. The summed E-state index contributed by atoms with van der Waals surface area (Å²) in [6.07, 6.45) is 4.76. The highest BCUT2D eigenvalue weighted by Crippen LogP contribution is 2.51. The van der Waals surface area contributed by atoms with Crippen LogP contribution in [0.4, 0.5) is 28.4 Å². The largest absolute Gasteiger partial charge is 0.354 e. The second-order valence-corrected chi connectivity index (χ2v) is 21.4. The number of hydrogen-bond acceptors (Lipinski definition) is 2. The normalized spacial score (nSPS) is 17.4. The van der Waals surface area contributed by atoms with E-state index in [1.165, 1.54) is 92.7 Å². The van der Waals surface area contributed by atoms with Crippen molar-refractivity contribution in [3.8, 4) is 22.3 Å². The third-order valence-electron chi connectivity index (χ3n) is 14.0. The molecule has 0 saturated carbocycles. The molecular formula is C57H66N2. The van der Waals surface area contributed by atoms with Gasteiger partial charge in [0.05, 0.1) is 5.69 Å². The van der Waals surface area contributed by atoms with Crippen molar-refractivity contribution in [1.82, 2.24) is 0 Å². The number of benzene rings is 6. The maximum Gasteiger partial charge on any atom is 0.0543 e. The lowest BCUT2D eigenvalue weighted by molar-refractivity contribution is 0.332. The third kappa shape index (κ3) is 7.77. The molecule has 0 unspecified atom stereocenters. The van der Waals surface area contributed by atoms with Gasteiger partial charge in [0, 0.05) is 33.9 Å². The van der Waals surface area contributed by atoms with Crippen LogP contribution in [0.15, 0.2) is 127 Å². The van der Waals surface area contributed by atoms with E-state index in [2.05, 4.69) is 221 Å². The summed E-state index contributed by atoms with van der Waals surface area (Å²) in [6.45, 7) is 28.6.